The maximum atomic E-state index is 9.21. The zero-order chi connectivity index (χ0) is 9.02. The largest absolute Gasteiger partial charge is 0.375 e. The molecule has 64 valence electrons. The van der Waals surface area contributed by atoms with Crippen LogP contribution >= 0.6 is 0 Å². The van der Waals surface area contributed by atoms with E-state index in [0.29, 0.717) is 0 Å². The van der Waals surface area contributed by atoms with E-state index in [4.69, 9.17) is 5.26 Å². The van der Waals surface area contributed by atoms with Gasteiger partial charge < -0.3 is 5.11 Å². The Morgan fingerprint density at radius 3 is 1.64 bits per heavy atom. The molecule has 1 atom stereocenters. The molecule has 0 amide bonds. The summed E-state index contributed by atoms with van der Waals surface area (Å²) < 4.78 is 0. The Labute approximate surface area is 67.6 Å². The van der Waals surface area contributed by atoms with Crippen LogP contribution in [0, 0.1) is 11.3 Å². The summed E-state index contributed by atoms with van der Waals surface area (Å²) >= 11 is 0. The van der Waals surface area contributed by atoms with Crippen molar-refractivity contribution in [2.75, 3.05) is 28.2 Å². The van der Waals surface area contributed by atoms with Crippen LogP contribution in [0.4, 0.5) is 0 Å². The van der Waals surface area contributed by atoms with Gasteiger partial charge in [-0.1, -0.05) is 0 Å². The smallest absolute Gasteiger partial charge is 0.169 e. The van der Waals surface area contributed by atoms with Crippen LogP contribution in [0.25, 0.3) is 0 Å². The van der Waals surface area contributed by atoms with Gasteiger partial charge in [-0.3, -0.25) is 9.80 Å². The third-order valence-corrected chi connectivity index (χ3v) is 1.47. The van der Waals surface area contributed by atoms with Crippen LogP contribution < -0.4 is 0 Å². The molecule has 0 heterocycles. The second-order valence-electron chi connectivity index (χ2n) is 2.91. The molecule has 0 spiro atoms. The molecular formula is C7H15N3O. The van der Waals surface area contributed by atoms with Gasteiger partial charge in [-0.2, -0.15) is 5.26 Å². The maximum absolute atomic E-state index is 9.21. The molecular weight excluding hydrogens is 142 g/mol. The summed E-state index contributed by atoms with van der Waals surface area (Å²) in [4.78, 5) is 3.60. The normalized spacial score (nSPS) is 14.1. The van der Waals surface area contributed by atoms with E-state index >= 15 is 0 Å². The summed E-state index contributed by atoms with van der Waals surface area (Å²) in [7, 11) is 7.30. The van der Waals surface area contributed by atoms with Gasteiger partial charge in [-0.15, -0.1) is 0 Å². The summed E-state index contributed by atoms with van der Waals surface area (Å²) in [6, 6.07) is 1.80. The molecule has 4 heteroatoms. The first-order valence-corrected chi connectivity index (χ1v) is 3.41. The lowest BCUT2D eigenvalue weighted by Gasteiger charge is -2.31. The van der Waals surface area contributed by atoms with Crippen LogP contribution in [0.5, 0.6) is 0 Å². The van der Waals surface area contributed by atoms with Crippen LogP contribution in [-0.4, -0.2) is 55.4 Å². The first-order valence-electron chi connectivity index (χ1n) is 3.41. The fraction of sp³-hybridized carbons (Fsp3) is 0.857. The Kier molecular flexibility index (Phi) is 4.04. The Balaban J connectivity index is 4.24. The average molecular weight is 157 g/mol. The highest BCUT2D eigenvalue weighted by Gasteiger charge is 2.22. The number of aliphatic hydroxyl groups excluding tert-OH is 1. The monoisotopic (exact) mass is 157 g/mol. The Bertz CT molecular complexity index is 142. The number of aliphatic hydroxyl groups is 1. The number of rotatable bonds is 3. The van der Waals surface area contributed by atoms with Gasteiger partial charge in [0, 0.05) is 0 Å². The highest BCUT2D eigenvalue weighted by Crippen LogP contribution is 2.01. The number of likely N-dealkylation sites (N-methyl/N-ethyl adjacent to an activating group) is 2. The van der Waals surface area contributed by atoms with Crippen molar-refractivity contribution in [3.8, 4) is 6.07 Å². The van der Waals surface area contributed by atoms with Crippen LogP contribution in [0.1, 0.15) is 0 Å². The molecule has 4 nitrogen and oxygen atoms in total. The number of hydrogen-bond acceptors (Lipinski definition) is 4. The molecule has 0 saturated carbocycles. The molecule has 1 N–H and O–H groups in total. The van der Waals surface area contributed by atoms with E-state index in [1.165, 1.54) is 0 Å². The molecule has 1 unspecified atom stereocenters. The summed E-state index contributed by atoms with van der Waals surface area (Å²) in [5.41, 5.74) is 0. The van der Waals surface area contributed by atoms with Crippen molar-refractivity contribution in [2.45, 2.75) is 12.3 Å². The van der Waals surface area contributed by atoms with Gasteiger partial charge in [-0.25, -0.2) is 0 Å². The molecule has 0 bridgehead atoms. The molecule has 0 radical (unpaired) electrons. The molecule has 0 aromatic rings. The quantitative estimate of drug-likeness (QED) is 0.435. The van der Waals surface area contributed by atoms with E-state index in [-0.39, 0.29) is 6.17 Å². The van der Waals surface area contributed by atoms with Gasteiger partial charge in [0.05, 0.1) is 6.07 Å². The van der Waals surface area contributed by atoms with Gasteiger partial charge in [0.2, 0.25) is 0 Å². The lowest BCUT2D eigenvalue weighted by Crippen LogP contribution is -2.48. The standard InChI is InChI=1S/C7H15N3O/c1-9(2)7(10(3)4)6(11)5-8/h6-7,11H,1-4H3. The predicted molar refractivity (Wildman–Crippen MR) is 42.8 cm³/mol. The second kappa shape index (κ2) is 4.29. The van der Waals surface area contributed by atoms with E-state index in [1.807, 2.05) is 28.2 Å². The minimum absolute atomic E-state index is 0.236. The molecule has 0 saturated heterocycles. The lowest BCUT2D eigenvalue weighted by molar-refractivity contribution is 0.0279. The third-order valence-electron chi connectivity index (χ3n) is 1.47. The van der Waals surface area contributed by atoms with Crippen molar-refractivity contribution in [3.63, 3.8) is 0 Å². The number of nitriles is 1. The summed E-state index contributed by atoms with van der Waals surface area (Å²) in [6.07, 6.45) is -1.19. The molecule has 0 aliphatic carbocycles. The molecule has 0 aliphatic rings. The fourth-order valence-electron chi connectivity index (χ4n) is 1.09. The average Bonchev–Trinajstić information content (AvgIpc) is 1.85. The van der Waals surface area contributed by atoms with Gasteiger partial charge in [-0.05, 0) is 28.2 Å². The molecule has 0 aliphatic heterocycles. The maximum Gasteiger partial charge on any atom is 0.169 e. The molecule has 0 aromatic carbocycles. The topological polar surface area (TPSA) is 50.5 Å². The van der Waals surface area contributed by atoms with E-state index in [9.17, 15) is 5.11 Å². The molecule has 11 heavy (non-hydrogen) atoms. The Morgan fingerprint density at radius 2 is 1.55 bits per heavy atom. The van der Waals surface area contributed by atoms with Crippen molar-refractivity contribution in [1.82, 2.24) is 9.80 Å². The van der Waals surface area contributed by atoms with Crippen LogP contribution in [0.3, 0.4) is 0 Å². The summed E-state index contributed by atoms with van der Waals surface area (Å²) in [5, 5.41) is 17.7. The summed E-state index contributed by atoms with van der Waals surface area (Å²) in [6.45, 7) is 0. The highest BCUT2D eigenvalue weighted by atomic mass is 16.3. The predicted octanol–water partition coefficient (Wildman–Crippen LogP) is -0.680. The molecule has 0 rings (SSSR count). The van der Waals surface area contributed by atoms with Crippen LogP contribution in [-0.2, 0) is 0 Å². The summed E-state index contributed by atoms with van der Waals surface area (Å²) in [5.74, 6) is 0. The third kappa shape index (κ3) is 2.85. The van der Waals surface area contributed by atoms with Crippen molar-refractivity contribution in [3.05, 3.63) is 0 Å². The second-order valence-corrected chi connectivity index (χ2v) is 2.91. The van der Waals surface area contributed by atoms with E-state index in [0.717, 1.165) is 0 Å². The van der Waals surface area contributed by atoms with Crippen molar-refractivity contribution < 1.29 is 5.11 Å². The Morgan fingerprint density at radius 1 is 1.18 bits per heavy atom. The fourth-order valence-corrected chi connectivity index (χ4v) is 1.09. The van der Waals surface area contributed by atoms with Gasteiger partial charge in [0.15, 0.2) is 6.10 Å². The van der Waals surface area contributed by atoms with Crippen LogP contribution in [0.15, 0.2) is 0 Å². The minimum Gasteiger partial charge on any atom is -0.375 e. The van der Waals surface area contributed by atoms with Gasteiger partial charge >= 0.3 is 0 Å². The number of nitrogens with zero attached hydrogens (tertiary/aromatic N) is 3. The van der Waals surface area contributed by atoms with Gasteiger partial charge in [0.1, 0.15) is 6.17 Å². The van der Waals surface area contributed by atoms with Crippen molar-refractivity contribution in [2.24, 2.45) is 0 Å². The SMILES string of the molecule is CN(C)C(C(O)C#N)N(C)C. The van der Waals surface area contributed by atoms with Crippen LogP contribution in [0.2, 0.25) is 0 Å². The zero-order valence-corrected chi connectivity index (χ0v) is 7.44. The molecule has 0 aromatic heterocycles. The first kappa shape index (κ1) is 10.4. The van der Waals surface area contributed by atoms with E-state index < -0.39 is 6.10 Å². The highest BCUT2D eigenvalue weighted by molar-refractivity contribution is 4.90. The zero-order valence-electron chi connectivity index (χ0n) is 7.44. The molecule has 0 fully saturated rings. The minimum atomic E-state index is -0.958. The lowest BCUT2D eigenvalue weighted by atomic mass is 10.2. The Hall–Kier alpha value is -0.630. The van der Waals surface area contributed by atoms with Crippen molar-refractivity contribution in [1.29, 1.82) is 5.26 Å². The first-order chi connectivity index (χ1) is 5.00. The van der Waals surface area contributed by atoms with Gasteiger partial charge in [0.25, 0.3) is 0 Å². The van der Waals surface area contributed by atoms with Crippen molar-refractivity contribution >= 4 is 0 Å². The van der Waals surface area contributed by atoms with E-state index in [1.54, 1.807) is 15.9 Å². The van der Waals surface area contributed by atoms with E-state index in [2.05, 4.69) is 0 Å². The number of hydrogen-bond donors (Lipinski definition) is 1.